The van der Waals surface area contributed by atoms with Crippen LogP contribution in [-0.2, 0) is 9.47 Å². The molecule has 1 aromatic heterocycles. The number of H-pyrrole nitrogens is 1. The minimum Gasteiger partial charge on any atom is -0.461 e. The Bertz CT molecular complexity index is 1020. The van der Waals surface area contributed by atoms with Crippen molar-refractivity contribution in [2.24, 2.45) is 0 Å². The Balaban J connectivity index is 2.31. The molecule has 0 bridgehead atoms. The van der Waals surface area contributed by atoms with Crippen LogP contribution < -0.4 is 0 Å². The molecule has 2 aromatic carbocycles. The molecule has 6 heteroatoms. The van der Waals surface area contributed by atoms with Crippen molar-refractivity contribution in [2.45, 2.75) is 13.8 Å². The monoisotopic (exact) mass is 391 g/mol. The first-order valence-electron chi connectivity index (χ1n) is 9.33. The SMILES string of the molecule is CCOC(=O)c1[nH]c(C(=O)OCC)c(-c2ccccc2)c1C(=O)c1ccccc1. The van der Waals surface area contributed by atoms with E-state index in [1.54, 1.807) is 68.4 Å². The molecule has 3 aromatic rings. The van der Waals surface area contributed by atoms with Gasteiger partial charge in [0.1, 0.15) is 11.4 Å². The number of aromatic amines is 1. The number of carbonyl (C=O) groups is 3. The maximum atomic E-state index is 13.4. The van der Waals surface area contributed by atoms with Gasteiger partial charge in [-0.15, -0.1) is 0 Å². The molecule has 3 rings (SSSR count). The van der Waals surface area contributed by atoms with Crippen molar-refractivity contribution >= 4 is 17.7 Å². The Morgan fingerprint density at radius 3 is 1.83 bits per heavy atom. The number of esters is 2. The zero-order valence-corrected chi connectivity index (χ0v) is 16.2. The molecule has 0 aliphatic rings. The maximum absolute atomic E-state index is 13.4. The number of ketones is 1. The van der Waals surface area contributed by atoms with Crippen molar-refractivity contribution in [1.82, 2.24) is 4.98 Å². The highest BCUT2D eigenvalue weighted by molar-refractivity contribution is 6.20. The first kappa shape index (κ1) is 20.1. The lowest BCUT2D eigenvalue weighted by Crippen LogP contribution is -2.12. The molecule has 148 valence electrons. The molecule has 0 radical (unpaired) electrons. The van der Waals surface area contributed by atoms with E-state index in [0.29, 0.717) is 16.7 Å². The minimum absolute atomic E-state index is 0.0420. The van der Waals surface area contributed by atoms with E-state index in [2.05, 4.69) is 4.98 Å². The maximum Gasteiger partial charge on any atom is 0.355 e. The van der Waals surface area contributed by atoms with E-state index in [-0.39, 0.29) is 35.9 Å². The predicted octanol–water partition coefficient (Wildman–Crippen LogP) is 4.27. The summed E-state index contributed by atoms with van der Waals surface area (Å²) in [7, 11) is 0. The summed E-state index contributed by atoms with van der Waals surface area (Å²) in [5, 5.41) is 0. The molecule has 6 nitrogen and oxygen atoms in total. The molecule has 0 unspecified atom stereocenters. The number of hydrogen-bond acceptors (Lipinski definition) is 5. The lowest BCUT2D eigenvalue weighted by Gasteiger charge is -2.08. The standard InChI is InChI=1S/C23H21NO5/c1-3-28-22(26)19-17(15-11-7-5-8-12-15)18(20(24-19)23(27)29-4-2)21(25)16-13-9-6-10-14-16/h5-14,24H,3-4H2,1-2H3. The van der Waals surface area contributed by atoms with Crippen LogP contribution in [0.25, 0.3) is 11.1 Å². The highest BCUT2D eigenvalue weighted by Crippen LogP contribution is 2.33. The fraction of sp³-hybridized carbons (Fsp3) is 0.174. The summed E-state index contributed by atoms with van der Waals surface area (Å²) in [6.45, 7) is 3.64. The second kappa shape index (κ2) is 9.01. The van der Waals surface area contributed by atoms with Crippen molar-refractivity contribution in [3.63, 3.8) is 0 Å². The summed E-state index contributed by atoms with van der Waals surface area (Å²) in [4.78, 5) is 41.4. The van der Waals surface area contributed by atoms with Gasteiger partial charge in [-0.1, -0.05) is 60.7 Å². The van der Waals surface area contributed by atoms with Crippen LogP contribution in [-0.4, -0.2) is 35.9 Å². The second-order valence-electron chi connectivity index (χ2n) is 6.13. The zero-order chi connectivity index (χ0) is 20.8. The Morgan fingerprint density at radius 2 is 1.28 bits per heavy atom. The van der Waals surface area contributed by atoms with Gasteiger partial charge in [0.25, 0.3) is 0 Å². The molecular formula is C23H21NO5. The summed E-state index contributed by atoms with van der Waals surface area (Å²) in [5.74, 6) is -1.75. The largest absolute Gasteiger partial charge is 0.461 e. The van der Waals surface area contributed by atoms with Crippen LogP contribution in [0.2, 0.25) is 0 Å². The van der Waals surface area contributed by atoms with Gasteiger partial charge in [0.15, 0.2) is 5.78 Å². The van der Waals surface area contributed by atoms with Crippen molar-refractivity contribution in [3.05, 3.63) is 83.2 Å². The Kier molecular flexibility index (Phi) is 6.24. The van der Waals surface area contributed by atoms with Crippen molar-refractivity contribution in [3.8, 4) is 11.1 Å². The van der Waals surface area contributed by atoms with E-state index in [1.807, 2.05) is 6.07 Å². The van der Waals surface area contributed by atoms with E-state index in [9.17, 15) is 14.4 Å². The predicted molar refractivity (Wildman–Crippen MR) is 108 cm³/mol. The molecule has 0 saturated carbocycles. The molecular weight excluding hydrogens is 370 g/mol. The molecule has 1 N–H and O–H groups in total. The molecule has 0 spiro atoms. The smallest absolute Gasteiger partial charge is 0.355 e. The van der Waals surface area contributed by atoms with Crippen LogP contribution in [0.1, 0.15) is 50.7 Å². The lowest BCUT2D eigenvalue weighted by atomic mass is 9.94. The van der Waals surface area contributed by atoms with Crippen LogP contribution in [0.15, 0.2) is 60.7 Å². The third-order valence-corrected chi connectivity index (χ3v) is 4.28. The van der Waals surface area contributed by atoms with Gasteiger partial charge in [0, 0.05) is 11.1 Å². The fourth-order valence-electron chi connectivity index (χ4n) is 3.07. The molecule has 0 fully saturated rings. The first-order chi connectivity index (χ1) is 14.1. The molecule has 0 amide bonds. The number of carbonyl (C=O) groups excluding carboxylic acids is 3. The van der Waals surface area contributed by atoms with E-state index in [1.165, 1.54) is 0 Å². The molecule has 1 heterocycles. The Hall–Kier alpha value is -3.67. The van der Waals surface area contributed by atoms with Gasteiger partial charge in [-0.2, -0.15) is 0 Å². The lowest BCUT2D eigenvalue weighted by molar-refractivity contribution is 0.0514. The average molecular weight is 391 g/mol. The summed E-state index contributed by atoms with van der Waals surface area (Å²) in [6, 6.07) is 17.5. The molecule has 0 saturated heterocycles. The number of benzene rings is 2. The van der Waals surface area contributed by atoms with Crippen molar-refractivity contribution in [2.75, 3.05) is 13.2 Å². The summed E-state index contributed by atoms with van der Waals surface area (Å²) in [5.41, 5.74) is 1.39. The highest BCUT2D eigenvalue weighted by Gasteiger charge is 2.32. The molecule has 0 atom stereocenters. The van der Waals surface area contributed by atoms with Gasteiger partial charge in [0.05, 0.1) is 18.8 Å². The Labute approximate surface area is 168 Å². The van der Waals surface area contributed by atoms with Crippen LogP contribution in [0.3, 0.4) is 0 Å². The minimum atomic E-state index is -0.709. The topological polar surface area (TPSA) is 85.5 Å². The normalized spacial score (nSPS) is 10.4. The number of ether oxygens (including phenoxy) is 2. The number of hydrogen-bond donors (Lipinski definition) is 1. The molecule has 0 aliphatic heterocycles. The summed E-state index contributed by atoms with van der Waals surface area (Å²) in [6.07, 6.45) is 0. The number of nitrogens with one attached hydrogen (secondary N) is 1. The third kappa shape index (κ3) is 4.11. The third-order valence-electron chi connectivity index (χ3n) is 4.28. The van der Waals surface area contributed by atoms with E-state index in [0.717, 1.165) is 0 Å². The van der Waals surface area contributed by atoms with E-state index < -0.39 is 11.9 Å². The van der Waals surface area contributed by atoms with Gasteiger partial charge < -0.3 is 14.5 Å². The van der Waals surface area contributed by atoms with Crippen molar-refractivity contribution in [1.29, 1.82) is 0 Å². The molecule has 29 heavy (non-hydrogen) atoms. The van der Waals surface area contributed by atoms with E-state index >= 15 is 0 Å². The first-order valence-corrected chi connectivity index (χ1v) is 9.33. The average Bonchev–Trinajstić information content (AvgIpc) is 3.15. The van der Waals surface area contributed by atoms with Crippen LogP contribution in [0.5, 0.6) is 0 Å². The molecule has 0 aliphatic carbocycles. The van der Waals surface area contributed by atoms with Gasteiger partial charge in [0.2, 0.25) is 0 Å². The second-order valence-corrected chi connectivity index (χ2v) is 6.13. The van der Waals surface area contributed by atoms with Gasteiger partial charge in [-0.3, -0.25) is 4.79 Å². The van der Waals surface area contributed by atoms with Crippen molar-refractivity contribution < 1.29 is 23.9 Å². The Morgan fingerprint density at radius 1 is 0.759 bits per heavy atom. The zero-order valence-electron chi connectivity index (χ0n) is 16.2. The number of aromatic nitrogens is 1. The van der Waals surface area contributed by atoms with Crippen LogP contribution >= 0.6 is 0 Å². The van der Waals surface area contributed by atoms with Crippen LogP contribution in [0, 0.1) is 0 Å². The van der Waals surface area contributed by atoms with Gasteiger partial charge in [-0.05, 0) is 19.4 Å². The fourth-order valence-corrected chi connectivity index (χ4v) is 3.07. The van der Waals surface area contributed by atoms with Gasteiger partial charge >= 0.3 is 11.9 Å². The van der Waals surface area contributed by atoms with Crippen LogP contribution in [0.4, 0.5) is 0 Å². The van der Waals surface area contributed by atoms with E-state index in [4.69, 9.17) is 9.47 Å². The quantitative estimate of drug-likeness (QED) is 0.480. The van der Waals surface area contributed by atoms with Gasteiger partial charge in [-0.25, -0.2) is 9.59 Å². The summed E-state index contributed by atoms with van der Waals surface area (Å²) >= 11 is 0. The number of rotatable bonds is 7. The summed E-state index contributed by atoms with van der Waals surface area (Å²) < 4.78 is 10.3. The highest BCUT2D eigenvalue weighted by atomic mass is 16.5.